The van der Waals surface area contributed by atoms with E-state index in [4.69, 9.17) is 9.15 Å². The summed E-state index contributed by atoms with van der Waals surface area (Å²) in [6.07, 6.45) is 1.01. The number of para-hydroxylation sites is 1. The first kappa shape index (κ1) is 15.6. The molecule has 0 aliphatic carbocycles. The monoisotopic (exact) mass is 309 g/mol. The molecule has 0 saturated carbocycles. The van der Waals surface area contributed by atoms with Gasteiger partial charge in [-0.25, -0.2) is 0 Å². The Kier molecular flexibility index (Phi) is 4.68. The number of ether oxygens (including phenoxy) is 1. The van der Waals surface area contributed by atoms with Gasteiger partial charge in [-0.1, -0.05) is 30.3 Å². The van der Waals surface area contributed by atoms with Gasteiger partial charge in [-0.2, -0.15) is 0 Å². The van der Waals surface area contributed by atoms with Gasteiger partial charge in [0, 0.05) is 11.9 Å². The molecule has 120 valence electrons. The molecule has 3 rings (SSSR count). The molecule has 0 aliphatic heterocycles. The van der Waals surface area contributed by atoms with Crippen molar-refractivity contribution in [3.63, 3.8) is 0 Å². The smallest absolute Gasteiger partial charge is 0.134 e. The Morgan fingerprint density at radius 1 is 1.09 bits per heavy atom. The summed E-state index contributed by atoms with van der Waals surface area (Å²) in [5.41, 5.74) is 2.27. The SMILES string of the molecule is COc1ccc(CCN(C)C(C)c2cc3ccccc3o2)cc1. The lowest BCUT2D eigenvalue weighted by Gasteiger charge is -2.22. The second-order valence-electron chi connectivity index (χ2n) is 5.94. The fraction of sp³-hybridized carbons (Fsp3) is 0.300. The summed E-state index contributed by atoms with van der Waals surface area (Å²) < 4.78 is 11.2. The van der Waals surface area contributed by atoms with E-state index in [-0.39, 0.29) is 6.04 Å². The number of methoxy groups -OCH3 is 1. The summed E-state index contributed by atoms with van der Waals surface area (Å²) in [4.78, 5) is 2.32. The van der Waals surface area contributed by atoms with Crippen molar-refractivity contribution in [2.75, 3.05) is 20.7 Å². The van der Waals surface area contributed by atoms with Crippen LogP contribution < -0.4 is 4.74 Å². The summed E-state index contributed by atoms with van der Waals surface area (Å²) in [5, 5.41) is 1.16. The summed E-state index contributed by atoms with van der Waals surface area (Å²) in [7, 11) is 3.83. The predicted molar refractivity (Wildman–Crippen MR) is 94.0 cm³/mol. The van der Waals surface area contributed by atoms with Gasteiger partial charge in [0.05, 0.1) is 13.2 Å². The zero-order valence-corrected chi connectivity index (χ0v) is 14.0. The van der Waals surface area contributed by atoms with Crippen LogP contribution in [0.5, 0.6) is 5.75 Å². The molecule has 3 heteroatoms. The molecule has 0 radical (unpaired) electrons. The van der Waals surface area contributed by atoms with Gasteiger partial charge in [-0.3, -0.25) is 4.90 Å². The van der Waals surface area contributed by atoms with Gasteiger partial charge in [0.2, 0.25) is 0 Å². The fourth-order valence-corrected chi connectivity index (χ4v) is 2.72. The Hall–Kier alpha value is -2.26. The van der Waals surface area contributed by atoms with Crippen molar-refractivity contribution >= 4 is 11.0 Å². The molecule has 0 amide bonds. The molecule has 23 heavy (non-hydrogen) atoms. The van der Waals surface area contributed by atoms with Crippen LogP contribution in [-0.4, -0.2) is 25.6 Å². The van der Waals surface area contributed by atoms with Gasteiger partial charge < -0.3 is 9.15 Å². The zero-order chi connectivity index (χ0) is 16.2. The summed E-state index contributed by atoms with van der Waals surface area (Å²) in [6, 6.07) is 18.8. The molecule has 1 unspecified atom stereocenters. The highest BCUT2D eigenvalue weighted by molar-refractivity contribution is 5.77. The Labute approximate surface area is 137 Å². The number of benzene rings is 2. The quantitative estimate of drug-likeness (QED) is 0.661. The molecule has 3 aromatic rings. The summed E-state index contributed by atoms with van der Waals surface area (Å²) in [5.74, 6) is 1.92. The molecule has 0 spiro atoms. The molecular weight excluding hydrogens is 286 g/mol. The van der Waals surface area contributed by atoms with Gasteiger partial charge in [0.25, 0.3) is 0 Å². The van der Waals surface area contributed by atoms with E-state index in [0.717, 1.165) is 35.4 Å². The van der Waals surface area contributed by atoms with Gasteiger partial charge in [0.15, 0.2) is 0 Å². The number of hydrogen-bond acceptors (Lipinski definition) is 3. The fourth-order valence-electron chi connectivity index (χ4n) is 2.72. The average Bonchev–Trinajstić information content (AvgIpc) is 3.03. The number of hydrogen-bond donors (Lipinski definition) is 0. The first-order chi connectivity index (χ1) is 11.2. The molecular formula is C20H23NO2. The van der Waals surface area contributed by atoms with E-state index in [1.807, 2.05) is 30.3 Å². The van der Waals surface area contributed by atoms with Crippen molar-refractivity contribution in [2.45, 2.75) is 19.4 Å². The minimum atomic E-state index is 0.251. The molecule has 0 fully saturated rings. The van der Waals surface area contributed by atoms with Gasteiger partial charge in [0.1, 0.15) is 17.1 Å². The third kappa shape index (κ3) is 3.57. The lowest BCUT2D eigenvalue weighted by atomic mass is 10.1. The van der Waals surface area contributed by atoms with Crippen molar-refractivity contribution in [3.05, 3.63) is 65.9 Å². The van der Waals surface area contributed by atoms with Crippen LogP contribution >= 0.6 is 0 Å². The maximum absolute atomic E-state index is 5.98. The minimum Gasteiger partial charge on any atom is -0.497 e. The molecule has 0 saturated heterocycles. The molecule has 0 N–H and O–H groups in total. The van der Waals surface area contributed by atoms with Crippen LogP contribution in [0.2, 0.25) is 0 Å². The highest BCUT2D eigenvalue weighted by atomic mass is 16.5. The van der Waals surface area contributed by atoms with E-state index in [1.54, 1.807) is 7.11 Å². The minimum absolute atomic E-state index is 0.251. The lowest BCUT2D eigenvalue weighted by molar-refractivity contribution is 0.237. The number of nitrogens with zero attached hydrogens (tertiary/aromatic N) is 1. The van der Waals surface area contributed by atoms with Crippen LogP contribution in [0, 0.1) is 0 Å². The molecule has 1 heterocycles. The largest absolute Gasteiger partial charge is 0.497 e. The first-order valence-electron chi connectivity index (χ1n) is 7.99. The maximum Gasteiger partial charge on any atom is 0.134 e. The van der Waals surface area contributed by atoms with Gasteiger partial charge in [-0.15, -0.1) is 0 Å². The predicted octanol–water partition coefficient (Wildman–Crippen LogP) is 4.68. The van der Waals surface area contributed by atoms with Crippen molar-refractivity contribution in [1.82, 2.24) is 4.90 Å². The Morgan fingerprint density at radius 2 is 1.83 bits per heavy atom. The van der Waals surface area contributed by atoms with Crippen molar-refractivity contribution in [1.29, 1.82) is 0 Å². The Morgan fingerprint density at radius 3 is 2.52 bits per heavy atom. The third-order valence-corrected chi connectivity index (χ3v) is 4.43. The molecule has 0 bridgehead atoms. The topological polar surface area (TPSA) is 25.6 Å². The highest BCUT2D eigenvalue weighted by Crippen LogP contribution is 2.26. The Bertz CT molecular complexity index is 728. The maximum atomic E-state index is 5.98. The zero-order valence-electron chi connectivity index (χ0n) is 14.0. The van der Waals surface area contributed by atoms with Crippen LogP contribution in [0.25, 0.3) is 11.0 Å². The summed E-state index contributed by atoms with van der Waals surface area (Å²) >= 11 is 0. The van der Waals surface area contributed by atoms with Gasteiger partial charge in [-0.05, 0) is 50.2 Å². The molecule has 1 atom stereocenters. The van der Waals surface area contributed by atoms with Crippen LogP contribution in [0.3, 0.4) is 0 Å². The van der Waals surface area contributed by atoms with Crippen LogP contribution in [0.15, 0.2) is 59.0 Å². The summed E-state index contributed by atoms with van der Waals surface area (Å²) in [6.45, 7) is 3.16. The third-order valence-electron chi connectivity index (χ3n) is 4.43. The van der Waals surface area contributed by atoms with Crippen LogP contribution in [0.1, 0.15) is 24.3 Å². The van der Waals surface area contributed by atoms with E-state index in [9.17, 15) is 0 Å². The van der Waals surface area contributed by atoms with E-state index in [1.165, 1.54) is 5.56 Å². The number of furan rings is 1. The van der Waals surface area contributed by atoms with Crippen molar-refractivity contribution in [3.8, 4) is 5.75 Å². The average molecular weight is 309 g/mol. The number of fused-ring (bicyclic) bond motifs is 1. The lowest BCUT2D eigenvalue weighted by Crippen LogP contribution is -2.24. The normalized spacial score (nSPS) is 12.7. The first-order valence-corrected chi connectivity index (χ1v) is 7.99. The van der Waals surface area contributed by atoms with E-state index in [0.29, 0.717) is 0 Å². The van der Waals surface area contributed by atoms with Crippen LogP contribution in [0.4, 0.5) is 0 Å². The van der Waals surface area contributed by atoms with Crippen LogP contribution in [-0.2, 0) is 6.42 Å². The van der Waals surface area contributed by atoms with E-state index < -0.39 is 0 Å². The van der Waals surface area contributed by atoms with E-state index in [2.05, 4.69) is 43.1 Å². The molecule has 3 nitrogen and oxygen atoms in total. The highest BCUT2D eigenvalue weighted by Gasteiger charge is 2.16. The molecule has 1 aromatic heterocycles. The second kappa shape index (κ2) is 6.88. The Balaban J connectivity index is 1.63. The van der Waals surface area contributed by atoms with E-state index >= 15 is 0 Å². The number of likely N-dealkylation sites (N-methyl/N-ethyl adjacent to an activating group) is 1. The standard InChI is InChI=1S/C20H23NO2/c1-15(20-14-17-6-4-5-7-19(17)23-20)21(2)13-12-16-8-10-18(22-3)11-9-16/h4-11,14-15H,12-13H2,1-3H3. The van der Waals surface area contributed by atoms with Crippen molar-refractivity contribution in [2.24, 2.45) is 0 Å². The molecule has 0 aliphatic rings. The number of rotatable bonds is 6. The second-order valence-corrected chi connectivity index (χ2v) is 5.94. The van der Waals surface area contributed by atoms with Crippen molar-refractivity contribution < 1.29 is 9.15 Å². The molecule has 2 aromatic carbocycles. The van der Waals surface area contributed by atoms with Gasteiger partial charge >= 0.3 is 0 Å².